The fourth-order valence-electron chi connectivity index (χ4n) is 1.07. The maximum Gasteiger partial charge on any atom is 0.217 e. The third-order valence-corrected chi connectivity index (χ3v) is 4.29. The third kappa shape index (κ3) is 1.54. The van der Waals surface area contributed by atoms with Gasteiger partial charge in [-0.3, -0.25) is 0 Å². The van der Waals surface area contributed by atoms with Crippen LogP contribution in [0.25, 0.3) is 0 Å². The van der Waals surface area contributed by atoms with Crippen LogP contribution in [0.2, 0.25) is 0 Å². The Morgan fingerprint density at radius 3 is 2.25 bits per heavy atom. The highest BCUT2D eigenvalue weighted by Crippen LogP contribution is 2.20. The van der Waals surface area contributed by atoms with E-state index in [0.717, 1.165) is 0 Å². The fourth-order valence-corrected chi connectivity index (χ4v) is 2.36. The molecule has 1 rings (SSSR count). The highest BCUT2D eigenvalue weighted by Gasteiger charge is 2.32. The molecule has 1 heterocycles. The lowest BCUT2D eigenvalue weighted by atomic mass is 10.1. The maximum absolute atomic E-state index is 11.5. The predicted octanol–water partition coefficient (Wildman–Crippen LogP) is 0.986. The summed E-state index contributed by atoms with van der Waals surface area (Å²) < 4.78 is 24.5. The van der Waals surface area contributed by atoms with Gasteiger partial charge in [0.25, 0.3) is 0 Å². The Labute approximate surface area is 74.1 Å². The first-order valence-electron chi connectivity index (χ1n) is 4.11. The number of rotatable bonds is 2. The van der Waals surface area contributed by atoms with Crippen molar-refractivity contribution < 1.29 is 8.42 Å². The summed E-state index contributed by atoms with van der Waals surface area (Å²) in [6, 6.07) is 0. The zero-order valence-electron chi connectivity index (χ0n) is 7.74. The molecule has 0 saturated carbocycles. The van der Waals surface area contributed by atoms with E-state index in [2.05, 4.69) is 0 Å². The van der Waals surface area contributed by atoms with Gasteiger partial charge in [-0.25, -0.2) is 8.42 Å². The van der Waals surface area contributed by atoms with E-state index >= 15 is 0 Å². The molecule has 0 bridgehead atoms. The topological polar surface area (TPSA) is 37.4 Å². The number of nitrogens with zero attached hydrogens (tertiary/aromatic N) is 1. The first-order chi connectivity index (χ1) is 5.48. The van der Waals surface area contributed by atoms with Gasteiger partial charge >= 0.3 is 0 Å². The van der Waals surface area contributed by atoms with Gasteiger partial charge in [0, 0.05) is 13.1 Å². The van der Waals surface area contributed by atoms with Gasteiger partial charge in [0.1, 0.15) is 0 Å². The summed E-state index contributed by atoms with van der Waals surface area (Å²) in [5.41, 5.74) is 1.21. The number of hydrogen-bond acceptors (Lipinski definition) is 2. The summed E-state index contributed by atoms with van der Waals surface area (Å²) in [4.78, 5) is 0. The maximum atomic E-state index is 11.5. The first kappa shape index (κ1) is 9.74. The minimum absolute atomic E-state index is 0.295. The van der Waals surface area contributed by atoms with Gasteiger partial charge in [-0.15, -0.1) is 0 Å². The van der Waals surface area contributed by atoms with Crippen LogP contribution in [0.4, 0.5) is 0 Å². The second-order valence-electron chi connectivity index (χ2n) is 3.31. The van der Waals surface area contributed by atoms with Crippen LogP contribution in [0.1, 0.15) is 20.8 Å². The fraction of sp³-hybridized carbons (Fsp3) is 0.750. The Bertz CT molecular complexity index is 282. The molecule has 0 amide bonds. The molecular weight excluding hydrogens is 174 g/mol. The lowest BCUT2D eigenvalue weighted by Crippen LogP contribution is -2.47. The molecule has 1 aliphatic rings. The summed E-state index contributed by atoms with van der Waals surface area (Å²) in [5.74, 6) is 0. The van der Waals surface area contributed by atoms with Crippen LogP contribution in [-0.2, 0) is 10.0 Å². The molecule has 1 saturated heterocycles. The number of sulfonamides is 1. The zero-order valence-corrected chi connectivity index (χ0v) is 8.56. The summed E-state index contributed by atoms with van der Waals surface area (Å²) in [5, 5.41) is -0.295. The Morgan fingerprint density at radius 1 is 1.42 bits per heavy atom. The minimum atomic E-state index is -2.99. The first-order valence-corrected chi connectivity index (χ1v) is 5.62. The second kappa shape index (κ2) is 3.18. The molecule has 0 N–H and O–H groups in total. The van der Waals surface area contributed by atoms with Crippen LogP contribution in [0.5, 0.6) is 0 Å². The lowest BCUT2D eigenvalue weighted by molar-refractivity contribution is 0.386. The van der Waals surface area contributed by atoms with E-state index < -0.39 is 10.0 Å². The summed E-state index contributed by atoms with van der Waals surface area (Å²) in [6.45, 7) is 6.55. The van der Waals surface area contributed by atoms with E-state index in [1.807, 2.05) is 13.0 Å². The van der Waals surface area contributed by atoms with Crippen molar-refractivity contribution >= 4 is 10.0 Å². The molecule has 3 nitrogen and oxygen atoms in total. The Kier molecular flexibility index (Phi) is 2.58. The van der Waals surface area contributed by atoms with E-state index in [9.17, 15) is 8.42 Å². The second-order valence-corrected chi connectivity index (χ2v) is 5.80. The van der Waals surface area contributed by atoms with Gasteiger partial charge in [0.2, 0.25) is 10.0 Å². The molecular formula is C8H15NO2S. The molecule has 70 valence electrons. The number of allylic oxidation sites excluding steroid dienone is 1. The van der Waals surface area contributed by atoms with Crippen LogP contribution in [0.15, 0.2) is 11.6 Å². The van der Waals surface area contributed by atoms with Crippen molar-refractivity contribution in [1.29, 1.82) is 0 Å². The monoisotopic (exact) mass is 189 g/mol. The van der Waals surface area contributed by atoms with E-state index in [1.54, 1.807) is 13.8 Å². The third-order valence-electron chi connectivity index (χ3n) is 2.12. The molecule has 0 spiro atoms. The Hall–Kier alpha value is -0.350. The van der Waals surface area contributed by atoms with Crippen molar-refractivity contribution in [3.05, 3.63) is 11.6 Å². The summed E-state index contributed by atoms with van der Waals surface area (Å²) in [6.07, 6.45) is 1.98. The van der Waals surface area contributed by atoms with Crippen molar-refractivity contribution in [3.63, 3.8) is 0 Å². The van der Waals surface area contributed by atoms with Crippen LogP contribution >= 0.6 is 0 Å². The van der Waals surface area contributed by atoms with Gasteiger partial charge < -0.3 is 0 Å². The molecule has 0 aliphatic carbocycles. The van der Waals surface area contributed by atoms with E-state index in [0.29, 0.717) is 13.1 Å². The van der Waals surface area contributed by atoms with Crippen LogP contribution in [-0.4, -0.2) is 31.1 Å². The highest BCUT2D eigenvalue weighted by atomic mass is 32.2. The Balaban J connectivity index is 2.65. The molecule has 0 radical (unpaired) electrons. The SMILES string of the molecule is CC=C1CN(S(=O)(=O)C(C)C)C1. The van der Waals surface area contributed by atoms with Crippen LogP contribution < -0.4 is 0 Å². The summed E-state index contributed by atoms with van der Waals surface area (Å²) >= 11 is 0. The van der Waals surface area contributed by atoms with Crippen molar-refractivity contribution in [2.75, 3.05) is 13.1 Å². The number of hydrogen-bond donors (Lipinski definition) is 0. The van der Waals surface area contributed by atoms with E-state index in [1.165, 1.54) is 9.88 Å². The molecule has 0 aromatic heterocycles. The van der Waals surface area contributed by atoms with Crippen molar-refractivity contribution in [2.45, 2.75) is 26.0 Å². The highest BCUT2D eigenvalue weighted by molar-refractivity contribution is 7.89. The normalized spacial score (nSPS) is 19.5. The lowest BCUT2D eigenvalue weighted by Gasteiger charge is -2.34. The molecule has 1 fully saturated rings. The van der Waals surface area contributed by atoms with E-state index in [-0.39, 0.29) is 5.25 Å². The van der Waals surface area contributed by atoms with Gasteiger partial charge in [-0.2, -0.15) is 4.31 Å². The smallest absolute Gasteiger partial charge is 0.212 e. The average Bonchev–Trinajstić information content (AvgIpc) is 1.84. The van der Waals surface area contributed by atoms with Crippen molar-refractivity contribution in [3.8, 4) is 0 Å². The predicted molar refractivity (Wildman–Crippen MR) is 49.4 cm³/mol. The van der Waals surface area contributed by atoms with Crippen molar-refractivity contribution in [2.24, 2.45) is 0 Å². The minimum Gasteiger partial charge on any atom is -0.212 e. The Morgan fingerprint density at radius 2 is 1.92 bits per heavy atom. The van der Waals surface area contributed by atoms with E-state index in [4.69, 9.17) is 0 Å². The molecule has 0 unspecified atom stereocenters. The standard InChI is InChI=1S/C8H15NO2S/c1-4-8-5-9(6-8)12(10,11)7(2)3/h4,7H,5-6H2,1-3H3. The van der Waals surface area contributed by atoms with Gasteiger partial charge in [0.05, 0.1) is 5.25 Å². The molecule has 0 aromatic carbocycles. The summed E-state index contributed by atoms with van der Waals surface area (Å²) in [7, 11) is -2.99. The molecule has 12 heavy (non-hydrogen) atoms. The van der Waals surface area contributed by atoms with Crippen molar-refractivity contribution in [1.82, 2.24) is 4.31 Å². The van der Waals surface area contributed by atoms with Gasteiger partial charge in [-0.1, -0.05) is 6.08 Å². The van der Waals surface area contributed by atoms with Gasteiger partial charge in [0.15, 0.2) is 0 Å². The molecule has 0 atom stereocenters. The zero-order chi connectivity index (χ0) is 9.35. The van der Waals surface area contributed by atoms with Crippen LogP contribution in [0.3, 0.4) is 0 Å². The molecule has 4 heteroatoms. The molecule has 0 aromatic rings. The van der Waals surface area contributed by atoms with Gasteiger partial charge in [-0.05, 0) is 26.3 Å². The quantitative estimate of drug-likeness (QED) is 0.607. The largest absolute Gasteiger partial charge is 0.217 e. The molecule has 1 aliphatic heterocycles. The average molecular weight is 189 g/mol. The van der Waals surface area contributed by atoms with Crippen LogP contribution in [0, 0.1) is 0 Å².